The monoisotopic (exact) mass is 280 g/mol. The Labute approximate surface area is 116 Å². The fourth-order valence-electron chi connectivity index (χ4n) is 1.73. The van der Waals surface area contributed by atoms with Gasteiger partial charge in [0.1, 0.15) is 6.61 Å². The first-order valence-electron chi connectivity index (χ1n) is 6.28. The molecule has 0 saturated carbocycles. The van der Waals surface area contributed by atoms with Gasteiger partial charge in [-0.3, -0.25) is 0 Å². The lowest BCUT2D eigenvalue weighted by molar-refractivity contribution is 0.198. The summed E-state index contributed by atoms with van der Waals surface area (Å²) >= 11 is 1.68. The van der Waals surface area contributed by atoms with Crippen LogP contribution in [0, 0.1) is 5.82 Å². The van der Waals surface area contributed by atoms with Gasteiger partial charge < -0.3 is 9.84 Å². The molecule has 0 aliphatic rings. The highest BCUT2D eigenvalue weighted by atomic mass is 32.1. The normalized spacial score (nSPS) is 12.4. The fourth-order valence-corrected chi connectivity index (χ4v) is 2.60. The van der Waals surface area contributed by atoms with E-state index in [2.05, 4.69) is 13.0 Å². The van der Waals surface area contributed by atoms with Crippen LogP contribution < -0.4 is 4.74 Å². The molecular weight excluding hydrogens is 263 g/mol. The molecule has 1 heterocycles. The van der Waals surface area contributed by atoms with Gasteiger partial charge in [0.25, 0.3) is 0 Å². The van der Waals surface area contributed by atoms with Crippen molar-refractivity contribution in [2.45, 2.75) is 33.0 Å². The molecular formula is C15H17FO2S. The van der Waals surface area contributed by atoms with E-state index in [1.54, 1.807) is 30.4 Å². The Morgan fingerprint density at radius 3 is 2.58 bits per heavy atom. The van der Waals surface area contributed by atoms with Crippen molar-refractivity contribution >= 4 is 11.3 Å². The van der Waals surface area contributed by atoms with Crippen molar-refractivity contribution in [1.82, 2.24) is 0 Å². The van der Waals surface area contributed by atoms with Crippen LogP contribution in [0.25, 0.3) is 0 Å². The molecule has 4 heteroatoms. The summed E-state index contributed by atoms with van der Waals surface area (Å²) in [6, 6.07) is 8.62. The summed E-state index contributed by atoms with van der Waals surface area (Å²) in [5, 5.41) is 9.37. The highest BCUT2D eigenvalue weighted by Gasteiger charge is 2.08. The number of aliphatic hydroxyl groups is 1. The van der Waals surface area contributed by atoms with E-state index in [0.717, 1.165) is 11.3 Å². The average molecular weight is 280 g/mol. The molecule has 0 unspecified atom stereocenters. The predicted octanol–water partition coefficient (Wildman–Crippen LogP) is 4.08. The van der Waals surface area contributed by atoms with Crippen molar-refractivity contribution in [3.63, 3.8) is 0 Å². The molecule has 2 rings (SSSR count). The quantitative estimate of drug-likeness (QED) is 0.894. The van der Waals surface area contributed by atoms with Crippen molar-refractivity contribution in [1.29, 1.82) is 0 Å². The average Bonchev–Trinajstić information content (AvgIpc) is 2.85. The second kappa shape index (κ2) is 6.17. The van der Waals surface area contributed by atoms with E-state index in [4.69, 9.17) is 4.74 Å². The number of hydrogen-bond donors (Lipinski definition) is 1. The van der Waals surface area contributed by atoms with Gasteiger partial charge in [-0.05, 0) is 43.2 Å². The Balaban J connectivity index is 2.03. The van der Waals surface area contributed by atoms with Crippen LogP contribution in [0.1, 0.15) is 35.3 Å². The Morgan fingerprint density at radius 1 is 1.26 bits per heavy atom. The van der Waals surface area contributed by atoms with Crippen molar-refractivity contribution < 1.29 is 14.2 Å². The number of ether oxygens (including phenoxy) is 1. The molecule has 0 saturated heterocycles. The number of aryl methyl sites for hydroxylation is 1. The van der Waals surface area contributed by atoms with Gasteiger partial charge in [-0.25, -0.2) is 4.39 Å². The van der Waals surface area contributed by atoms with E-state index in [1.807, 2.05) is 6.07 Å². The Bertz CT molecular complexity index is 549. The van der Waals surface area contributed by atoms with Crippen LogP contribution in [0.5, 0.6) is 5.75 Å². The van der Waals surface area contributed by atoms with Crippen LogP contribution in [0.3, 0.4) is 0 Å². The summed E-state index contributed by atoms with van der Waals surface area (Å²) in [7, 11) is 0. The molecule has 0 radical (unpaired) electrons. The van der Waals surface area contributed by atoms with Gasteiger partial charge in [0.05, 0.1) is 6.10 Å². The largest absolute Gasteiger partial charge is 0.485 e. The van der Waals surface area contributed by atoms with Gasteiger partial charge in [-0.2, -0.15) is 0 Å². The Morgan fingerprint density at radius 2 is 2.00 bits per heavy atom. The summed E-state index contributed by atoms with van der Waals surface area (Å²) in [5.74, 6) is -0.221. The van der Waals surface area contributed by atoms with E-state index < -0.39 is 11.9 Å². The topological polar surface area (TPSA) is 29.5 Å². The molecule has 0 fully saturated rings. The van der Waals surface area contributed by atoms with E-state index in [0.29, 0.717) is 12.2 Å². The van der Waals surface area contributed by atoms with Crippen LogP contribution in [-0.4, -0.2) is 5.11 Å². The van der Waals surface area contributed by atoms with E-state index in [1.165, 1.54) is 10.9 Å². The number of hydrogen-bond acceptors (Lipinski definition) is 3. The molecule has 102 valence electrons. The zero-order chi connectivity index (χ0) is 13.8. The van der Waals surface area contributed by atoms with Crippen LogP contribution in [0.2, 0.25) is 0 Å². The van der Waals surface area contributed by atoms with Gasteiger partial charge in [-0.15, -0.1) is 11.3 Å². The predicted molar refractivity (Wildman–Crippen MR) is 75.1 cm³/mol. The molecule has 1 aromatic carbocycles. The van der Waals surface area contributed by atoms with Crippen molar-refractivity contribution in [2.75, 3.05) is 0 Å². The van der Waals surface area contributed by atoms with Crippen molar-refractivity contribution in [3.05, 3.63) is 51.5 Å². The molecule has 0 aliphatic carbocycles. The zero-order valence-electron chi connectivity index (χ0n) is 11.0. The molecule has 0 amide bonds. The highest BCUT2D eigenvalue weighted by Crippen LogP contribution is 2.24. The Kier molecular flexibility index (Phi) is 4.56. The second-order valence-corrected chi connectivity index (χ2v) is 5.63. The Hall–Kier alpha value is -1.39. The second-order valence-electron chi connectivity index (χ2n) is 4.38. The molecule has 19 heavy (non-hydrogen) atoms. The summed E-state index contributed by atoms with van der Waals surface area (Å²) < 4.78 is 19.2. The number of thiophene rings is 1. The van der Waals surface area contributed by atoms with Crippen LogP contribution >= 0.6 is 11.3 Å². The lowest BCUT2D eigenvalue weighted by Crippen LogP contribution is -1.98. The summed E-state index contributed by atoms with van der Waals surface area (Å²) in [5.41, 5.74) is 0.550. The van der Waals surface area contributed by atoms with E-state index >= 15 is 0 Å². The zero-order valence-corrected chi connectivity index (χ0v) is 11.8. The molecule has 1 N–H and O–H groups in total. The molecule has 1 atom stereocenters. The smallest absolute Gasteiger partial charge is 0.165 e. The summed E-state index contributed by atoms with van der Waals surface area (Å²) in [6.45, 7) is 4.08. The summed E-state index contributed by atoms with van der Waals surface area (Å²) in [6.07, 6.45) is 0.329. The number of halogens is 1. The fraction of sp³-hybridized carbons (Fsp3) is 0.333. The van der Waals surface area contributed by atoms with E-state index in [-0.39, 0.29) is 5.75 Å². The van der Waals surface area contributed by atoms with E-state index in [9.17, 15) is 9.50 Å². The lowest BCUT2D eigenvalue weighted by Gasteiger charge is -2.09. The van der Waals surface area contributed by atoms with Gasteiger partial charge in [0.2, 0.25) is 0 Å². The first-order valence-corrected chi connectivity index (χ1v) is 7.09. The minimum absolute atomic E-state index is 0.218. The minimum atomic E-state index is -0.673. The third kappa shape index (κ3) is 3.55. The van der Waals surface area contributed by atoms with Gasteiger partial charge in [0.15, 0.2) is 11.6 Å². The number of rotatable bonds is 5. The number of aliphatic hydroxyl groups excluding tert-OH is 1. The summed E-state index contributed by atoms with van der Waals surface area (Å²) in [4.78, 5) is 2.37. The molecule has 2 aromatic rings. The maximum Gasteiger partial charge on any atom is 0.165 e. The SMILES string of the molecule is CCc1ccc(COc2ccc([C@@H](C)O)cc2F)s1. The van der Waals surface area contributed by atoms with Crippen LogP contribution in [-0.2, 0) is 13.0 Å². The minimum Gasteiger partial charge on any atom is -0.485 e. The highest BCUT2D eigenvalue weighted by molar-refractivity contribution is 7.11. The molecule has 2 nitrogen and oxygen atoms in total. The first-order chi connectivity index (χ1) is 9.10. The third-order valence-corrected chi connectivity index (χ3v) is 4.08. The van der Waals surface area contributed by atoms with Gasteiger partial charge in [0, 0.05) is 9.75 Å². The standard InChI is InChI=1S/C15H17FO2S/c1-3-12-5-6-13(19-12)9-18-15-7-4-11(10(2)17)8-14(15)16/h4-8,10,17H,3,9H2,1-2H3/t10-/m1/s1. The molecule has 1 aromatic heterocycles. The molecule has 0 aliphatic heterocycles. The maximum atomic E-state index is 13.8. The maximum absolute atomic E-state index is 13.8. The van der Waals surface area contributed by atoms with Crippen LogP contribution in [0.15, 0.2) is 30.3 Å². The van der Waals surface area contributed by atoms with Crippen molar-refractivity contribution in [2.24, 2.45) is 0 Å². The third-order valence-electron chi connectivity index (χ3n) is 2.87. The molecule has 0 spiro atoms. The molecule has 0 bridgehead atoms. The lowest BCUT2D eigenvalue weighted by atomic mass is 10.1. The first kappa shape index (κ1) is 14.0. The van der Waals surface area contributed by atoms with Gasteiger partial charge >= 0.3 is 0 Å². The van der Waals surface area contributed by atoms with Crippen molar-refractivity contribution in [3.8, 4) is 5.75 Å². The van der Waals surface area contributed by atoms with Crippen LogP contribution in [0.4, 0.5) is 4.39 Å². The number of benzene rings is 1. The van der Waals surface area contributed by atoms with Gasteiger partial charge in [-0.1, -0.05) is 13.0 Å².